The average molecular weight is 206 g/mol. The molecule has 2 heterocycles. The molecule has 0 radical (unpaired) electrons. The molecule has 1 fully saturated rings. The van der Waals surface area contributed by atoms with Gasteiger partial charge in [0.1, 0.15) is 6.04 Å². The predicted molar refractivity (Wildman–Crippen MR) is 56.8 cm³/mol. The SMILES string of the molecule is CC1CCN(c2ccncc2)C1C(=O)O. The maximum Gasteiger partial charge on any atom is 0.326 e. The molecule has 0 saturated carbocycles. The van der Waals surface area contributed by atoms with Gasteiger partial charge in [0.05, 0.1) is 0 Å². The molecule has 4 nitrogen and oxygen atoms in total. The number of anilines is 1. The summed E-state index contributed by atoms with van der Waals surface area (Å²) in [7, 11) is 0. The standard InChI is InChI=1S/C11H14N2O2/c1-8-4-7-13(10(8)11(14)15)9-2-5-12-6-3-9/h2-3,5-6,8,10H,4,7H2,1H3,(H,14,15). The van der Waals surface area contributed by atoms with Crippen LogP contribution in [0.5, 0.6) is 0 Å². The van der Waals surface area contributed by atoms with Crippen molar-refractivity contribution in [2.45, 2.75) is 19.4 Å². The number of rotatable bonds is 2. The van der Waals surface area contributed by atoms with Crippen molar-refractivity contribution in [3.05, 3.63) is 24.5 Å². The van der Waals surface area contributed by atoms with Crippen LogP contribution in [0.25, 0.3) is 0 Å². The summed E-state index contributed by atoms with van der Waals surface area (Å²) in [6, 6.07) is 3.31. The summed E-state index contributed by atoms with van der Waals surface area (Å²) in [5.74, 6) is -0.535. The second kappa shape index (κ2) is 3.88. The molecular weight excluding hydrogens is 192 g/mol. The molecule has 0 aromatic carbocycles. The van der Waals surface area contributed by atoms with Crippen LogP contribution >= 0.6 is 0 Å². The molecule has 2 rings (SSSR count). The minimum atomic E-state index is -0.739. The van der Waals surface area contributed by atoms with Gasteiger partial charge in [-0.05, 0) is 24.5 Å². The highest BCUT2D eigenvalue weighted by molar-refractivity contribution is 5.79. The first-order valence-corrected chi connectivity index (χ1v) is 5.09. The second-order valence-corrected chi connectivity index (χ2v) is 3.95. The number of hydrogen-bond donors (Lipinski definition) is 1. The summed E-state index contributed by atoms with van der Waals surface area (Å²) >= 11 is 0. The summed E-state index contributed by atoms with van der Waals surface area (Å²) in [6.45, 7) is 2.79. The molecule has 1 aromatic heterocycles. The molecule has 2 unspecified atom stereocenters. The van der Waals surface area contributed by atoms with E-state index in [4.69, 9.17) is 5.11 Å². The minimum Gasteiger partial charge on any atom is -0.480 e. The van der Waals surface area contributed by atoms with Crippen molar-refractivity contribution in [3.8, 4) is 0 Å². The van der Waals surface area contributed by atoms with E-state index in [1.807, 2.05) is 24.0 Å². The van der Waals surface area contributed by atoms with Gasteiger partial charge in [-0.2, -0.15) is 0 Å². The van der Waals surface area contributed by atoms with Crippen LogP contribution in [0.1, 0.15) is 13.3 Å². The van der Waals surface area contributed by atoms with Gasteiger partial charge >= 0.3 is 5.97 Å². The first-order valence-electron chi connectivity index (χ1n) is 5.09. The maximum absolute atomic E-state index is 11.1. The zero-order valence-electron chi connectivity index (χ0n) is 8.63. The van der Waals surface area contributed by atoms with E-state index in [1.54, 1.807) is 12.4 Å². The van der Waals surface area contributed by atoms with Crippen LogP contribution in [-0.4, -0.2) is 28.6 Å². The first-order chi connectivity index (χ1) is 7.20. The zero-order valence-corrected chi connectivity index (χ0v) is 8.63. The van der Waals surface area contributed by atoms with Gasteiger partial charge in [-0.15, -0.1) is 0 Å². The van der Waals surface area contributed by atoms with Gasteiger partial charge < -0.3 is 10.0 Å². The fourth-order valence-electron chi connectivity index (χ4n) is 2.15. The highest BCUT2D eigenvalue weighted by Gasteiger charge is 2.36. The Balaban J connectivity index is 2.26. The molecule has 1 saturated heterocycles. The van der Waals surface area contributed by atoms with Crippen LogP contribution in [0.4, 0.5) is 5.69 Å². The van der Waals surface area contributed by atoms with Crippen LogP contribution in [0.3, 0.4) is 0 Å². The topological polar surface area (TPSA) is 53.4 Å². The van der Waals surface area contributed by atoms with E-state index >= 15 is 0 Å². The number of carboxylic acids is 1. The number of carbonyl (C=O) groups is 1. The number of nitrogens with zero attached hydrogens (tertiary/aromatic N) is 2. The summed E-state index contributed by atoms with van der Waals surface area (Å²) in [5.41, 5.74) is 0.946. The largest absolute Gasteiger partial charge is 0.480 e. The van der Waals surface area contributed by atoms with E-state index in [2.05, 4.69) is 4.98 Å². The van der Waals surface area contributed by atoms with Gasteiger partial charge in [-0.1, -0.05) is 6.92 Å². The third-order valence-corrected chi connectivity index (χ3v) is 2.95. The lowest BCUT2D eigenvalue weighted by Crippen LogP contribution is -2.38. The number of carboxylic acid groups (broad SMARTS) is 1. The number of aliphatic carboxylic acids is 1. The Morgan fingerprint density at radius 2 is 2.20 bits per heavy atom. The molecule has 0 bridgehead atoms. The monoisotopic (exact) mass is 206 g/mol. The van der Waals surface area contributed by atoms with E-state index < -0.39 is 12.0 Å². The van der Waals surface area contributed by atoms with Gasteiger partial charge in [0.15, 0.2) is 0 Å². The predicted octanol–water partition coefficient (Wildman–Crippen LogP) is 1.38. The molecular formula is C11H14N2O2. The Kier molecular flexibility index (Phi) is 2.58. The Morgan fingerprint density at radius 1 is 1.53 bits per heavy atom. The Hall–Kier alpha value is -1.58. The molecule has 0 spiro atoms. The second-order valence-electron chi connectivity index (χ2n) is 3.95. The van der Waals surface area contributed by atoms with E-state index in [0.29, 0.717) is 0 Å². The van der Waals surface area contributed by atoms with Crippen molar-refractivity contribution in [2.24, 2.45) is 5.92 Å². The van der Waals surface area contributed by atoms with E-state index in [9.17, 15) is 4.79 Å². The van der Waals surface area contributed by atoms with Crippen LogP contribution in [0.15, 0.2) is 24.5 Å². The van der Waals surface area contributed by atoms with Crippen LogP contribution in [0, 0.1) is 5.92 Å². The van der Waals surface area contributed by atoms with Crippen molar-refractivity contribution >= 4 is 11.7 Å². The third-order valence-electron chi connectivity index (χ3n) is 2.95. The lowest BCUT2D eigenvalue weighted by molar-refractivity contribution is -0.139. The van der Waals surface area contributed by atoms with Gasteiger partial charge in [0.2, 0.25) is 0 Å². The molecule has 0 amide bonds. The van der Waals surface area contributed by atoms with Crippen molar-refractivity contribution in [1.29, 1.82) is 0 Å². The Labute approximate surface area is 88.6 Å². The van der Waals surface area contributed by atoms with Gasteiger partial charge in [0.25, 0.3) is 0 Å². The molecule has 2 atom stereocenters. The molecule has 1 N–H and O–H groups in total. The van der Waals surface area contributed by atoms with Gasteiger partial charge in [-0.25, -0.2) is 4.79 Å². The van der Waals surface area contributed by atoms with Crippen molar-refractivity contribution in [3.63, 3.8) is 0 Å². The average Bonchev–Trinajstić information content (AvgIpc) is 2.61. The summed E-state index contributed by atoms with van der Waals surface area (Å²) in [6.07, 6.45) is 4.31. The molecule has 0 aliphatic carbocycles. The van der Waals surface area contributed by atoms with Crippen molar-refractivity contribution in [2.75, 3.05) is 11.4 Å². The fourth-order valence-corrected chi connectivity index (χ4v) is 2.15. The van der Waals surface area contributed by atoms with Crippen molar-refractivity contribution < 1.29 is 9.90 Å². The summed E-state index contributed by atoms with van der Waals surface area (Å²) < 4.78 is 0. The third kappa shape index (κ3) is 1.79. The highest BCUT2D eigenvalue weighted by atomic mass is 16.4. The number of pyridine rings is 1. The van der Waals surface area contributed by atoms with Crippen LogP contribution in [-0.2, 0) is 4.79 Å². The molecule has 1 aliphatic rings. The molecule has 4 heteroatoms. The number of hydrogen-bond acceptors (Lipinski definition) is 3. The Bertz CT molecular complexity index is 353. The minimum absolute atomic E-state index is 0.204. The van der Waals surface area contributed by atoms with Gasteiger partial charge in [-0.3, -0.25) is 4.98 Å². The summed E-state index contributed by atoms with van der Waals surface area (Å²) in [5, 5.41) is 9.16. The van der Waals surface area contributed by atoms with Crippen LogP contribution < -0.4 is 4.90 Å². The highest BCUT2D eigenvalue weighted by Crippen LogP contribution is 2.29. The number of aromatic nitrogens is 1. The summed E-state index contributed by atoms with van der Waals surface area (Å²) in [4.78, 5) is 17.0. The lowest BCUT2D eigenvalue weighted by atomic mass is 10.0. The molecule has 1 aliphatic heterocycles. The van der Waals surface area contributed by atoms with Crippen molar-refractivity contribution in [1.82, 2.24) is 4.98 Å². The van der Waals surface area contributed by atoms with E-state index in [-0.39, 0.29) is 5.92 Å². The van der Waals surface area contributed by atoms with E-state index in [0.717, 1.165) is 18.7 Å². The molecule has 80 valence electrons. The molecule has 15 heavy (non-hydrogen) atoms. The van der Waals surface area contributed by atoms with Gasteiger partial charge in [0, 0.05) is 24.6 Å². The lowest BCUT2D eigenvalue weighted by Gasteiger charge is -2.25. The maximum atomic E-state index is 11.1. The molecule has 1 aromatic rings. The van der Waals surface area contributed by atoms with Crippen LogP contribution in [0.2, 0.25) is 0 Å². The quantitative estimate of drug-likeness (QED) is 0.794. The normalized spacial score (nSPS) is 25.5. The fraction of sp³-hybridized carbons (Fsp3) is 0.455. The first kappa shape index (κ1) is 9.96. The Morgan fingerprint density at radius 3 is 2.80 bits per heavy atom. The smallest absolute Gasteiger partial charge is 0.326 e. The zero-order chi connectivity index (χ0) is 10.8. The van der Waals surface area contributed by atoms with E-state index in [1.165, 1.54) is 0 Å².